The fourth-order valence-electron chi connectivity index (χ4n) is 2.06. The van der Waals surface area contributed by atoms with Gasteiger partial charge in [-0.05, 0) is 6.92 Å². The molecule has 0 saturated carbocycles. The van der Waals surface area contributed by atoms with Gasteiger partial charge in [-0.15, -0.1) is 0 Å². The molecule has 0 aromatic carbocycles. The van der Waals surface area contributed by atoms with Crippen molar-refractivity contribution in [2.75, 3.05) is 0 Å². The molecule has 0 bridgehead atoms. The number of carbonyl (C=O) groups excluding carboxylic acids is 1. The van der Waals surface area contributed by atoms with Crippen molar-refractivity contribution in [2.45, 2.75) is 66.6 Å². The molecule has 0 N–H and O–H groups in total. The lowest BCUT2D eigenvalue weighted by Gasteiger charge is -2.47. The predicted molar refractivity (Wildman–Crippen MR) is 71.5 cm³/mol. The molecule has 0 aromatic rings. The Morgan fingerprint density at radius 1 is 0.486 bits per heavy atom. The third kappa shape index (κ3) is 4.42. The zero-order valence-electron chi connectivity index (χ0n) is 16.5. The van der Waals surface area contributed by atoms with E-state index in [2.05, 4.69) is 11.3 Å². The number of esters is 1. The first kappa shape index (κ1) is 34.7. The van der Waals surface area contributed by atoms with E-state index in [9.17, 15) is 97.0 Å². The summed E-state index contributed by atoms with van der Waals surface area (Å²) in [5.41, 5.74) is -10.7. The average Bonchev–Trinajstić information content (AvgIpc) is 2.63. The molecule has 0 rings (SSSR count). The normalized spacial score (nSPS) is 17.4. The Balaban J connectivity index is 7.82. The molecule has 2 nitrogen and oxygen atoms in total. The summed E-state index contributed by atoms with van der Waals surface area (Å²) in [6, 6.07) is 0. The van der Waals surface area contributed by atoms with Crippen molar-refractivity contribution < 1.29 is 102 Å². The third-order valence-corrected chi connectivity index (χ3v) is 4.14. The van der Waals surface area contributed by atoms with E-state index in [1.165, 1.54) is 0 Å². The molecule has 0 aliphatic rings. The molecule has 0 aromatic heterocycles. The van der Waals surface area contributed by atoms with Gasteiger partial charge in [0.2, 0.25) is 0 Å². The Bertz CT molecular complexity index is 876. The van der Waals surface area contributed by atoms with E-state index >= 15 is 0 Å². The molecule has 1 unspecified atom stereocenters. The van der Waals surface area contributed by atoms with Gasteiger partial charge in [0.1, 0.15) is 0 Å². The van der Waals surface area contributed by atoms with Crippen LogP contribution in [0, 0.1) is 0 Å². The van der Waals surface area contributed by atoms with Gasteiger partial charge in [-0.1, -0.05) is 6.58 Å². The van der Waals surface area contributed by atoms with E-state index in [-0.39, 0.29) is 6.92 Å². The highest BCUT2D eigenvalue weighted by molar-refractivity contribution is 5.87. The van der Waals surface area contributed by atoms with Crippen molar-refractivity contribution in [1.29, 1.82) is 0 Å². The minimum atomic E-state index is -9.27. The summed E-state index contributed by atoms with van der Waals surface area (Å²) in [6.07, 6.45) is -24.9. The molecule has 37 heavy (non-hydrogen) atoms. The Morgan fingerprint density at radius 3 is 1.00 bits per heavy atom. The highest BCUT2D eigenvalue weighted by Gasteiger charge is 3.00. The summed E-state index contributed by atoms with van der Waals surface area (Å²) < 4.78 is 279. The van der Waals surface area contributed by atoms with Gasteiger partial charge in [0.15, 0.2) is 0 Å². The molecule has 0 fully saturated rings. The Hall–Kier alpha value is -2.26. The van der Waals surface area contributed by atoms with Gasteiger partial charge in [-0.3, -0.25) is 0 Å². The van der Waals surface area contributed by atoms with Crippen molar-refractivity contribution >= 4 is 5.97 Å². The van der Waals surface area contributed by atoms with Crippen molar-refractivity contribution in [1.82, 2.24) is 0 Å². The topological polar surface area (TPSA) is 26.3 Å². The van der Waals surface area contributed by atoms with Gasteiger partial charge >= 0.3 is 65.6 Å². The minimum absolute atomic E-state index is 0.0211. The van der Waals surface area contributed by atoms with Crippen molar-refractivity contribution in [2.24, 2.45) is 0 Å². The van der Waals surface area contributed by atoms with Crippen LogP contribution in [-0.2, 0) is 9.53 Å². The number of alkyl halides is 21. The summed E-state index contributed by atoms with van der Waals surface area (Å²) in [5.74, 6) is -57.2. The minimum Gasteiger partial charge on any atom is -0.415 e. The van der Waals surface area contributed by atoms with Crippen LogP contribution in [0.4, 0.5) is 92.2 Å². The quantitative estimate of drug-likeness (QED) is 0.165. The van der Waals surface area contributed by atoms with Crippen molar-refractivity contribution in [3.63, 3.8) is 0 Å². The number of rotatable bonds is 8. The second kappa shape index (κ2) is 8.63. The average molecular weight is 604 g/mol. The van der Waals surface area contributed by atoms with E-state index < -0.39 is 71.2 Å². The lowest BCUT2D eigenvalue weighted by Crippen LogP contribution is -2.80. The zero-order valence-corrected chi connectivity index (χ0v) is 16.5. The summed E-state index contributed by atoms with van der Waals surface area (Å²) in [5, 5.41) is 0. The largest absolute Gasteiger partial charge is 0.460 e. The van der Waals surface area contributed by atoms with Gasteiger partial charge < -0.3 is 4.74 Å². The van der Waals surface area contributed by atoms with Gasteiger partial charge in [0, 0.05) is 5.57 Å². The molecular weight excluding hydrogens is 599 g/mol. The maximum absolute atomic E-state index is 14.6. The molecular formula is C14H5F21O2. The molecule has 0 aliphatic carbocycles. The van der Waals surface area contributed by atoms with Gasteiger partial charge in [0.05, 0.1) is 0 Å². The Morgan fingerprint density at radius 2 is 0.757 bits per heavy atom. The summed E-state index contributed by atoms with van der Waals surface area (Å²) in [6.45, 7) is 2.17. The van der Waals surface area contributed by atoms with Gasteiger partial charge in [-0.2, -0.15) is 87.8 Å². The standard InChI is InChI=1S/C14H5F21O2/c1-3(2)4(36)37-11(26,5(15,12(27,28)29)13(30,31)32)9(22,23)7(18,19)6(16,17)8(20,21)10(24,25)14(33,34)35/h1H2,2H3. The van der Waals surface area contributed by atoms with Crippen LogP contribution in [-0.4, -0.2) is 65.6 Å². The second-order valence-corrected chi connectivity index (χ2v) is 6.79. The van der Waals surface area contributed by atoms with Crippen LogP contribution in [0.5, 0.6) is 0 Å². The van der Waals surface area contributed by atoms with Crippen LogP contribution < -0.4 is 0 Å². The second-order valence-electron chi connectivity index (χ2n) is 6.79. The molecule has 0 heterocycles. The monoisotopic (exact) mass is 604 g/mol. The Labute approximate surface area is 188 Å². The summed E-state index contributed by atoms with van der Waals surface area (Å²) in [4.78, 5) is 11.1. The van der Waals surface area contributed by atoms with E-state index in [1.807, 2.05) is 0 Å². The predicted octanol–water partition coefficient (Wildman–Crippen LogP) is 7.34. The highest BCUT2D eigenvalue weighted by atomic mass is 19.4. The van der Waals surface area contributed by atoms with Crippen LogP contribution >= 0.6 is 0 Å². The van der Waals surface area contributed by atoms with Crippen molar-refractivity contribution in [3.8, 4) is 0 Å². The zero-order chi connectivity index (χ0) is 30.9. The lowest BCUT2D eigenvalue weighted by atomic mass is 9.82. The number of hydrogen-bond donors (Lipinski definition) is 0. The first-order valence-electron chi connectivity index (χ1n) is 7.93. The van der Waals surface area contributed by atoms with Gasteiger partial charge in [-0.25, -0.2) is 9.18 Å². The maximum atomic E-state index is 14.6. The third-order valence-electron chi connectivity index (χ3n) is 4.14. The van der Waals surface area contributed by atoms with Gasteiger partial charge in [0.25, 0.3) is 0 Å². The maximum Gasteiger partial charge on any atom is 0.460 e. The molecule has 0 aliphatic heterocycles. The molecule has 0 spiro atoms. The first-order chi connectivity index (χ1) is 15.6. The van der Waals surface area contributed by atoms with Crippen LogP contribution in [0.1, 0.15) is 6.92 Å². The molecule has 220 valence electrons. The SMILES string of the molecule is C=C(C)C(=O)OC(F)(C(F)(F)C(F)(F)C(F)(F)C(F)(F)C(F)(F)C(F)(F)F)C(F)(C(F)(F)F)C(F)(F)F. The van der Waals surface area contributed by atoms with E-state index in [0.29, 0.717) is 0 Å². The molecule has 1 atom stereocenters. The molecule has 0 amide bonds. The summed E-state index contributed by atoms with van der Waals surface area (Å²) in [7, 11) is 0. The number of hydrogen-bond acceptors (Lipinski definition) is 2. The van der Waals surface area contributed by atoms with E-state index in [1.54, 1.807) is 0 Å². The van der Waals surface area contributed by atoms with Crippen LogP contribution in [0.3, 0.4) is 0 Å². The lowest BCUT2D eigenvalue weighted by molar-refractivity contribution is -0.491. The molecule has 0 radical (unpaired) electrons. The smallest absolute Gasteiger partial charge is 0.415 e. The van der Waals surface area contributed by atoms with Crippen LogP contribution in [0.15, 0.2) is 12.2 Å². The first-order valence-corrected chi connectivity index (χ1v) is 7.93. The van der Waals surface area contributed by atoms with Crippen LogP contribution in [0.25, 0.3) is 0 Å². The number of ether oxygens (including phenoxy) is 1. The van der Waals surface area contributed by atoms with Crippen LogP contribution in [0.2, 0.25) is 0 Å². The number of carbonyl (C=O) groups is 1. The van der Waals surface area contributed by atoms with E-state index in [0.717, 1.165) is 0 Å². The highest BCUT2D eigenvalue weighted by Crippen LogP contribution is 2.67. The summed E-state index contributed by atoms with van der Waals surface area (Å²) >= 11 is 0. The van der Waals surface area contributed by atoms with Crippen molar-refractivity contribution in [3.05, 3.63) is 12.2 Å². The fraction of sp³-hybridized carbons (Fsp3) is 0.786. The number of halogens is 21. The molecule has 23 heteroatoms. The molecule has 0 saturated heterocycles. The Kier molecular flexibility index (Phi) is 8.10. The fourth-order valence-corrected chi connectivity index (χ4v) is 2.06. The van der Waals surface area contributed by atoms with E-state index in [4.69, 9.17) is 0 Å².